The quantitative estimate of drug-likeness (QED) is 0.386. The van der Waals surface area contributed by atoms with Crippen molar-refractivity contribution in [2.75, 3.05) is 38.2 Å². The molecule has 1 N–H and O–H groups in total. The van der Waals surface area contributed by atoms with Crippen LogP contribution < -0.4 is 9.64 Å². The number of aromatic nitrogens is 4. The number of nitrogens with zero attached hydrogens (tertiary/aromatic N) is 5. The van der Waals surface area contributed by atoms with Gasteiger partial charge in [-0.15, -0.1) is 0 Å². The van der Waals surface area contributed by atoms with Gasteiger partial charge < -0.3 is 19.5 Å². The van der Waals surface area contributed by atoms with Crippen LogP contribution in [0.4, 0.5) is 14.5 Å². The molecular weight excluding hydrogens is 486 g/mol. The van der Waals surface area contributed by atoms with Crippen molar-refractivity contribution in [2.45, 2.75) is 45.1 Å². The number of H-pyrrole nitrogens is 1. The Balaban J connectivity index is 1.28. The van der Waals surface area contributed by atoms with Crippen LogP contribution in [0.5, 0.6) is 5.75 Å². The molecule has 2 aromatic heterocycles. The largest absolute Gasteiger partial charge is 0.486 e. The maximum Gasteiger partial charge on any atom is 0.178 e. The number of nitrogens with one attached hydrogen (secondary N) is 1. The van der Waals surface area contributed by atoms with Gasteiger partial charge in [0.25, 0.3) is 0 Å². The summed E-state index contributed by atoms with van der Waals surface area (Å²) in [5.74, 6) is 0.734. The number of imidazole rings is 1. The molecule has 0 unspecified atom stereocenters. The number of hydrogen-bond donors (Lipinski definition) is 1. The summed E-state index contributed by atoms with van der Waals surface area (Å²) in [6.07, 6.45) is 3.76. The summed E-state index contributed by atoms with van der Waals surface area (Å²) in [7, 11) is 2.17. The van der Waals surface area contributed by atoms with E-state index in [0.717, 1.165) is 43.2 Å². The molecule has 0 bridgehead atoms. The van der Waals surface area contributed by atoms with E-state index < -0.39 is 11.6 Å². The lowest BCUT2D eigenvalue weighted by molar-refractivity contribution is 0.255. The second kappa shape index (κ2) is 9.94. The molecule has 0 radical (unpaired) electrons. The van der Waals surface area contributed by atoms with Gasteiger partial charge in [0.15, 0.2) is 17.4 Å². The molecule has 2 aliphatic heterocycles. The zero-order valence-corrected chi connectivity index (χ0v) is 22.0. The third kappa shape index (κ3) is 4.71. The minimum Gasteiger partial charge on any atom is -0.486 e. The zero-order chi connectivity index (χ0) is 26.4. The number of anilines is 1. The maximum absolute atomic E-state index is 15.0. The summed E-state index contributed by atoms with van der Waals surface area (Å²) < 4.78 is 35.5. The van der Waals surface area contributed by atoms with Crippen LogP contribution in [0.25, 0.3) is 22.3 Å². The van der Waals surface area contributed by atoms with Gasteiger partial charge in [-0.1, -0.05) is 6.07 Å². The highest BCUT2D eigenvalue weighted by atomic mass is 19.1. The van der Waals surface area contributed by atoms with Crippen molar-refractivity contribution in [3.8, 4) is 17.0 Å². The average Bonchev–Trinajstić information content (AvgIpc) is 3.31. The van der Waals surface area contributed by atoms with Crippen LogP contribution in [0.1, 0.15) is 49.8 Å². The van der Waals surface area contributed by atoms with Crippen LogP contribution in [-0.4, -0.2) is 64.2 Å². The second-order valence-electron chi connectivity index (χ2n) is 10.6. The van der Waals surface area contributed by atoms with Gasteiger partial charge in [0.1, 0.15) is 23.9 Å². The summed E-state index contributed by atoms with van der Waals surface area (Å²) in [6.45, 7) is 7.33. The molecule has 0 saturated carbocycles. The molecule has 198 valence electrons. The normalized spacial score (nSPS) is 16.7. The van der Waals surface area contributed by atoms with Crippen molar-refractivity contribution in [2.24, 2.45) is 0 Å². The average molecular weight is 519 g/mol. The maximum atomic E-state index is 15.0. The van der Waals surface area contributed by atoms with E-state index in [4.69, 9.17) is 9.72 Å². The number of fused-ring (bicyclic) bond motifs is 2. The third-order valence-electron chi connectivity index (χ3n) is 7.67. The second-order valence-corrected chi connectivity index (χ2v) is 10.6. The van der Waals surface area contributed by atoms with Gasteiger partial charge in [0.2, 0.25) is 0 Å². The summed E-state index contributed by atoms with van der Waals surface area (Å²) >= 11 is 0. The lowest BCUT2D eigenvalue weighted by atomic mass is 9.89. The van der Waals surface area contributed by atoms with E-state index in [9.17, 15) is 4.39 Å². The van der Waals surface area contributed by atoms with Crippen LogP contribution in [0.3, 0.4) is 0 Å². The Bertz CT molecular complexity index is 1480. The van der Waals surface area contributed by atoms with E-state index in [2.05, 4.69) is 50.0 Å². The molecule has 0 aliphatic carbocycles. The Morgan fingerprint density at radius 1 is 1.05 bits per heavy atom. The van der Waals surface area contributed by atoms with Gasteiger partial charge >= 0.3 is 0 Å². The molecule has 0 spiro atoms. The molecule has 4 heterocycles. The fraction of sp³-hybridized carbons (Fsp3) is 0.414. The first-order chi connectivity index (χ1) is 18.4. The summed E-state index contributed by atoms with van der Waals surface area (Å²) in [6, 6.07) is 9.59. The third-order valence-corrected chi connectivity index (χ3v) is 7.67. The molecule has 4 aromatic rings. The number of halogens is 2. The zero-order valence-electron chi connectivity index (χ0n) is 22.0. The number of aromatic amines is 1. The number of benzene rings is 2. The summed E-state index contributed by atoms with van der Waals surface area (Å²) in [5, 5.41) is 0. The monoisotopic (exact) mass is 518 g/mol. The summed E-state index contributed by atoms with van der Waals surface area (Å²) in [5.41, 5.74) is 4.21. The smallest absolute Gasteiger partial charge is 0.178 e. The van der Waals surface area contributed by atoms with Crippen molar-refractivity contribution >= 4 is 16.7 Å². The first-order valence-corrected chi connectivity index (χ1v) is 13.3. The Kier molecular flexibility index (Phi) is 6.47. The molecule has 38 heavy (non-hydrogen) atoms. The van der Waals surface area contributed by atoms with Crippen molar-refractivity contribution < 1.29 is 13.5 Å². The number of rotatable bonds is 5. The molecule has 1 saturated heterocycles. The minimum atomic E-state index is -0.603. The van der Waals surface area contributed by atoms with Gasteiger partial charge in [-0.25, -0.2) is 23.7 Å². The highest BCUT2D eigenvalue weighted by Crippen LogP contribution is 2.39. The molecule has 9 heteroatoms. The van der Waals surface area contributed by atoms with Gasteiger partial charge in [0.05, 0.1) is 35.9 Å². The topological polar surface area (TPSA) is 70.2 Å². The molecule has 1 fully saturated rings. The molecule has 2 aromatic carbocycles. The number of ether oxygens (including phenoxy) is 1. The van der Waals surface area contributed by atoms with E-state index in [1.54, 1.807) is 6.07 Å². The first-order valence-electron chi connectivity index (χ1n) is 13.3. The molecule has 0 amide bonds. The predicted octanol–water partition coefficient (Wildman–Crippen LogP) is 5.31. The highest BCUT2D eigenvalue weighted by molar-refractivity contribution is 5.76. The Labute approximate surface area is 220 Å². The van der Waals surface area contributed by atoms with Crippen LogP contribution in [0, 0.1) is 11.6 Å². The van der Waals surface area contributed by atoms with Gasteiger partial charge in [-0.3, -0.25) is 0 Å². The van der Waals surface area contributed by atoms with E-state index in [0.29, 0.717) is 48.4 Å². The Morgan fingerprint density at radius 3 is 2.66 bits per heavy atom. The van der Waals surface area contributed by atoms with E-state index in [1.165, 1.54) is 11.6 Å². The Morgan fingerprint density at radius 2 is 1.87 bits per heavy atom. The summed E-state index contributed by atoms with van der Waals surface area (Å²) in [4.78, 5) is 21.2. The van der Waals surface area contributed by atoms with Gasteiger partial charge in [-0.2, -0.15) is 0 Å². The Hall–Kier alpha value is -3.59. The predicted molar refractivity (Wildman–Crippen MR) is 144 cm³/mol. The van der Waals surface area contributed by atoms with Gasteiger partial charge in [0, 0.05) is 11.6 Å². The van der Waals surface area contributed by atoms with E-state index >= 15 is 4.39 Å². The van der Waals surface area contributed by atoms with Crippen LogP contribution in [0.2, 0.25) is 0 Å². The van der Waals surface area contributed by atoms with E-state index in [-0.39, 0.29) is 17.5 Å². The van der Waals surface area contributed by atoms with Crippen molar-refractivity contribution in [1.82, 2.24) is 24.8 Å². The van der Waals surface area contributed by atoms with E-state index in [1.807, 2.05) is 13.8 Å². The minimum absolute atomic E-state index is 0.0617. The number of likely N-dealkylation sites (tertiary alicyclic amines) is 1. The van der Waals surface area contributed by atoms with Crippen molar-refractivity contribution in [3.63, 3.8) is 0 Å². The van der Waals surface area contributed by atoms with Crippen LogP contribution in [-0.2, 0) is 6.42 Å². The molecule has 7 nitrogen and oxygen atoms in total. The lowest BCUT2D eigenvalue weighted by Gasteiger charge is -2.34. The first kappa shape index (κ1) is 24.7. The van der Waals surface area contributed by atoms with Crippen molar-refractivity contribution in [1.29, 1.82) is 0 Å². The molecule has 6 rings (SSSR count). The lowest BCUT2D eigenvalue weighted by Crippen LogP contribution is -2.38. The number of hydrogen-bond acceptors (Lipinski definition) is 6. The fourth-order valence-corrected chi connectivity index (χ4v) is 5.58. The standard InChI is InChI=1S/C29H32F2N6O/c1-17(2)37-10-11-38-29-21(30)12-20(14-25(29)37)28-22(31)16-32-26(35-28)15-27-33-23-5-4-19(13-24(23)34-27)18-6-8-36(3)9-7-18/h4-5,12-14,16-18H,6-11,15H2,1-3H3,(H,33,34). The highest BCUT2D eigenvalue weighted by Gasteiger charge is 2.26. The fourth-order valence-electron chi connectivity index (χ4n) is 5.58. The SMILES string of the molecule is CC(C)N1CCOc2c(F)cc(-c3nc(Cc4nc5ccc(C6CCN(C)CC6)cc5[nH]4)ncc3F)cc21. The van der Waals surface area contributed by atoms with Crippen LogP contribution in [0.15, 0.2) is 36.5 Å². The van der Waals surface area contributed by atoms with Crippen molar-refractivity contribution in [3.05, 3.63) is 65.4 Å². The van der Waals surface area contributed by atoms with Crippen LogP contribution >= 0.6 is 0 Å². The molecule has 0 atom stereocenters. The number of piperidine rings is 1. The molecule has 2 aliphatic rings. The van der Waals surface area contributed by atoms with Gasteiger partial charge in [-0.05, 0) is 82.6 Å². The molecular formula is C29H32F2N6O.